The van der Waals surface area contributed by atoms with Gasteiger partial charge in [-0.2, -0.15) is 0 Å². The van der Waals surface area contributed by atoms with Crippen LogP contribution in [0.3, 0.4) is 0 Å². The van der Waals surface area contributed by atoms with Crippen molar-refractivity contribution in [2.45, 2.75) is 72.3 Å². The number of para-hydroxylation sites is 1. The second-order valence-corrected chi connectivity index (χ2v) is 12.0. The molecule has 0 fully saturated rings. The third kappa shape index (κ3) is 11.8. The number of nitrogens with one attached hydrogen (secondary N) is 1. The molecule has 7 nitrogen and oxygen atoms in total. The van der Waals surface area contributed by atoms with Crippen LogP contribution in [-0.4, -0.2) is 35.5 Å². The molecule has 0 spiro atoms. The van der Waals surface area contributed by atoms with Crippen molar-refractivity contribution < 1.29 is 28.9 Å². The Morgan fingerprint density at radius 2 is 1.45 bits per heavy atom. The lowest BCUT2D eigenvalue weighted by atomic mass is 10.0. The lowest BCUT2D eigenvalue weighted by Gasteiger charge is -2.20. The van der Waals surface area contributed by atoms with E-state index in [1.165, 1.54) is 0 Å². The maximum Gasteiger partial charge on any atom is 0.407 e. The van der Waals surface area contributed by atoms with Gasteiger partial charge in [0.2, 0.25) is 0 Å². The first-order valence-corrected chi connectivity index (χ1v) is 13.8. The average molecular weight is 615 g/mol. The summed E-state index contributed by atoms with van der Waals surface area (Å²) in [5.41, 5.74) is 3.66. The molecule has 0 aromatic heterocycles. The van der Waals surface area contributed by atoms with Crippen molar-refractivity contribution in [3.8, 4) is 16.9 Å². The number of aliphatic hydroxyl groups excluding tert-OH is 1. The first kappa shape index (κ1) is 32.8. The number of hydrogen-bond acceptors (Lipinski definition) is 6. The van der Waals surface area contributed by atoms with Crippen LogP contribution < -0.4 is 10.1 Å². The summed E-state index contributed by atoms with van der Waals surface area (Å²) < 4.78 is 17.9. The van der Waals surface area contributed by atoms with Gasteiger partial charge in [-0.15, -0.1) is 0 Å². The van der Waals surface area contributed by atoms with Crippen molar-refractivity contribution in [2.75, 3.05) is 7.11 Å². The molecule has 0 saturated carbocycles. The highest BCUT2D eigenvalue weighted by Gasteiger charge is 2.18. The summed E-state index contributed by atoms with van der Waals surface area (Å²) >= 11 is 3.62. The van der Waals surface area contributed by atoms with Gasteiger partial charge >= 0.3 is 12.1 Å². The third-order valence-electron chi connectivity index (χ3n) is 5.18. The van der Waals surface area contributed by atoms with Crippen LogP contribution in [0.2, 0.25) is 0 Å². The summed E-state index contributed by atoms with van der Waals surface area (Å²) in [6.07, 6.45) is -0.307. The molecule has 8 heteroatoms. The maximum absolute atomic E-state index is 12.4. The number of rotatable bonds is 8. The van der Waals surface area contributed by atoms with E-state index in [2.05, 4.69) is 27.3 Å². The zero-order valence-corrected chi connectivity index (χ0v) is 25.9. The largest absolute Gasteiger partial charge is 0.489 e. The van der Waals surface area contributed by atoms with E-state index in [1.54, 1.807) is 0 Å². The minimum absolute atomic E-state index is 0.140. The molecule has 0 aliphatic carbocycles. The summed E-state index contributed by atoms with van der Waals surface area (Å²) in [4.78, 5) is 24.4. The predicted molar refractivity (Wildman–Crippen MR) is 161 cm³/mol. The summed E-state index contributed by atoms with van der Waals surface area (Å²) in [5.74, 6) is 0.356. The van der Waals surface area contributed by atoms with Crippen molar-refractivity contribution in [2.24, 2.45) is 0 Å². The molecular formula is C32H40BrNO6. The van der Waals surface area contributed by atoms with Gasteiger partial charge < -0.3 is 24.6 Å². The summed E-state index contributed by atoms with van der Waals surface area (Å²) in [6, 6.07) is 21.6. The average Bonchev–Trinajstić information content (AvgIpc) is 2.86. The minimum atomic E-state index is -0.545. The monoisotopic (exact) mass is 613 g/mol. The van der Waals surface area contributed by atoms with Gasteiger partial charge in [-0.05, 0) is 94.1 Å². The van der Waals surface area contributed by atoms with Crippen LogP contribution in [0.1, 0.15) is 58.2 Å². The number of hydrogen-bond donors (Lipinski definition) is 2. The second kappa shape index (κ2) is 14.9. The number of alkyl carbamates (subject to hydrolysis) is 1. The van der Waals surface area contributed by atoms with E-state index in [0.29, 0.717) is 18.9 Å². The minimum Gasteiger partial charge on any atom is -0.489 e. The Hall–Kier alpha value is -3.36. The number of carbonyl (C=O) groups excluding carboxylic acids is 2. The van der Waals surface area contributed by atoms with Crippen LogP contribution in [-0.2, 0) is 33.8 Å². The molecule has 2 N–H and O–H groups in total. The molecule has 3 rings (SSSR count). The van der Waals surface area contributed by atoms with Crippen LogP contribution >= 0.6 is 15.9 Å². The first-order valence-electron chi connectivity index (χ1n) is 13.0. The number of carbonyl (C=O) groups is 2. The molecule has 0 aliphatic rings. The normalized spacial score (nSPS) is 11.1. The smallest absolute Gasteiger partial charge is 0.407 e. The Labute approximate surface area is 246 Å². The van der Waals surface area contributed by atoms with Crippen LogP contribution in [0.15, 0.2) is 71.2 Å². The molecule has 0 unspecified atom stereocenters. The Morgan fingerprint density at radius 1 is 0.800 bits per heavy atom. The fraction of sp³-hybridized carbons (Fsp3) is 0.375. The van der Waals surface area contributed by atoms with Crippen molar-refractivity contribution >= 4 is 28.0 Å². The first-order chi connectivity index (χ1) is 18.8. The Balaban J connectivity index is 0.00000274. The Bertz CT molecular complexity index is 1280. The van der Waals surface area contributed by atoms with Crippen molar-refractivity contribution in [3.63, 3.8) is 0 Å². The van der Waals surface area contributed by atoms with Gasteiger partial charge in [0.15, 0.2) is 0 Å². The van der Waals surface area contributed by atoms with Crippen molar-refractivity contribution in [3.05, 3.63) is 87.9 Å². The van der Waals surface area contributed by atoms with Gasteiger partial charge in [0.1, 0.15) is 23.6 Å². The van der Waals surface area contributed by atoms with Gasteiger partial charge in [0.05, 0.1) is 6.42 Å². The van der Waals surface area contributed by atoms with Crippen molar-refractivity contribution in [1.29, 1.82) is 0 Å². The molecule has 0 atom stereocenters. The number of esters is 1. The number of halogens is 1. The Kier molecular flexibility index (Phi) is 12.2. The third-order valence-corrected chi connectivity index (χ3v) is 5.63. The van der Waals surface area contributed by atoms with Gasteiger partial charge in [-0.25, -0.2) is 4.79 Å². The molecule has 0 saturated heterocycles. The van der Waals surface area contributed by atoms with E-state index in [9.17, 15) is 9.59 Å². The molecule has 0 heterocycles. The summed E-state index contributed by atoms with van der Waals surface area (Å²) in [7, 11) is 1.00. The highest BCUT2D eigenvalue weighted by molar-refractivity contribution is 9.10. The Morgan fingerprint density at radius 3 is 2.12 bits per heavy atom. The van der Waals surface area contributed by atoms with E-state index in [4.69, 9.17) is 19.3 Å². The van der Waals surface area contributed by atoms with E-state index in [-0.39, 0.29) is 12.4 Å². The topological polar surface area (TPSA) is 94.1 Å². The molecule has 40 heavy (non-hydrogen) atoms. The number of benzene rings is 3. The molecule has 0 aliphatic heterocycles. The van der Waals surface area contributed by atoms with E-state index < -0.39 is 17.3 Å². The predicted octanol–water partition coefficient (Wildman–Crippen LogP) is 7.21. The summed E-state index contributed by atoms with van der Waals surface area (Å²) in [6.45, 7) is 11.8. The SMILES string of the molecule is CC(C)(C)OC(=O)Cc1ccccc1OCc1cc(Br)cc(-c2cccc(CNC(=O)OC(C)(C)C)c2)c1.CO. The van der Waals surface area contributed by atoms with E-state index in [0.717, 1.165) is 39.4 Å². The number of ether oxygens (including phenoxy) is 3. The molecule has 3 aromatic carbocycles. The van der Waals surface area contributed by atoms with E-state index >= 15 is 0 Å². The zero-order chi connectivity index (χ0) is 29.9. The highest BCUT2D eigenvalue weighted by Crippen LogP contribution is 2.28. The second-order valence-electron chi connectivity index (χ2n) is 11.1. The fourth-order valence-electron chi connectivity index (χ4n) is 3.73. The standard InChI is InChI=1S/C31H36BrNO5.CH4O/c1-30(2,3)37-28(34)18-24-11-7-8-13-27(24)36-20-22-15-25(17-26(32)16-22)23-12-9-10-21(14-23)19-33-29(35)38-31(4,5)6;1-2/h7-17H,18-20H2,1-6H3,(H,33,35);2H,1H3. The number of aliphatic hydroxyl groups is 1. The van der Waals surface area contributed by atoms with Gasteiger partial charge in [-0.3, -0.25) is 4.79 Å². The van der Waals surface area contributed by atoms with Crippen LogP contribution in [0.5, 0.6) is 5.75 Å². The van der Waals surface area contributed by atoms with Crippen molar-refractivity contribution in [1.82, 2.24) is 5.32 Å². The van der Waals surface area contributed by atoms with Gasteiger partial charge in [0, 0.05) is 23.7 Å². The lowest BCUT2D eigenvalue weighted by molar-refractivity contribution is -0.153. The molecule has 3 aromatic rings. The molecular weight excluding hydrogens is 574 g/mol. The van der Waals surface area contributed by atoms with E-state index in [1.807, 2.05) is 102 Å². The fourth-order valence-corrected chi connectivity index (χ4v) is 4.28. The zero-order valence-electron chi connectivity index (χ0n) is 24.3. The van der Waals surface area contributed by atoms with Crippen LogP contribution in [0.25, 0.3) is 11.1 Å². The molecule has 1 amide bonds. The lowest BCUT2D eigenvalue weighted by Crippen LogP contribution is -2.32. The number of amides is 1. The van der Waals surface area contributed by atoms with Gasteiger partial charge in [-0.1, -0.05) is 52.3 Å². The molecule has 0 bridgehead atoms. The summed E-state index contributed by atoms with van der Waals surface area (Å²) in [5, 5.41) is 9.80. The van der Waals surface area contributed by atoms with Crippen LogP contribution in [0.4, 0.5) is 4.79 Å². The highest BCUT2D eigenvalue weighted by atomic mass is 79.9. The van der Waals surface area contributed by atoms with Gasteiger partial charge in [0.25, 0.3) is 0 Å². The van der Waals surface area contributed by atoms with Crippen LogP contribution in [0, 0.1) is 0 Å². The quantitative estimate of drug-likeness (QED) is 0.261. The maximum atomic E-state index is 12.4. The molecule has 216 valence electrons. The molecule has 0 radical (unpaired) electrons.